The van der Waals surface area contributed by atoms with Crippen molar-refractivity contribution in [1.29, 1.82) is 0 Å². The van der Waals surface area contributed by atoms with Crippen LogP contribution < -0.4 is 10.4 Å². The SMILES string of the molecule is Cc1c(B2OC(C)(C)C(C)(C)O2)cccc1N1CCc2cc(C3CC3)ccc2C1=O. The molecule has 2 aromatic carbocycles. The molecule has 30 heavy (non-hydrogen) atoms. The zero-order valence-corrected chi connectivity index (χ0v) is 18.6. The number of benzene rings is 2. The second-order valence-corrected chi connectivity index (χ2v) is 9.98. The summed E-state index contributed by atoms with van der Waals surface area (Å²) in [6, 6.07) is 12.5. The standard InChI is InChI=1S/C25H30BNO3/c1-16-21(26-29-24(2,3)25(4,5)30-26)7-6-8-22(16)27-14-13-19-15-18(17-9-10-17)11-12-20(19)23(27)28/h6-8,11-12,15,17H,9-10,13-14H2,1-5H3. The predicted molar refractivity (Wildman–Crippen MR) is 121 cm³/mol. The van der Waals surface area contributed by atoms with E-state index >= 15 is 0 Å². The molecule has 0 N–H and O–H groups in total. The molecule has 0 radical (unpaired) electrons. The highest BCUT2D eigenvalue weighted by Gasteiger charge is 2.52. The normalized spacial score (nSPS) is 22.4. The molecule has 1 amide bonds. The Morgan fingerprint density at radius 3 is 2.40 bits per heavy atom. The number of rotatable bonds is 3. The average molecular weight is 403 g/mol. The van der Waals surface area contributed by atoms with Crippen molar-refractivity contribution in [2.75, 3.05) is 11.4 Å². The average Bonchev–Trinajstić information content (AvgIpc) is 3.50. The summed E-state index contributed by atoms with van der Waals surface area (Å²) in [6.45, 7) is 11.0. The summed E-state index contributed by atoms with van der Waals surface area (Å²) >= 11 is 0. The lowest BCUT2D eigenvalue weighted by atomic mass is 9.75. The minimum Gasteiger partial charge on any atom is -0.399 e. The van der Waals surface area contributed by atoms with Crippen LogP contribution in [-0.2, 0) is 15.7 Å². The van der Waals surface area contributed by atoms with E-state index in [0.717, 1.165) is 28.7 Å². The Bertz CT molecular complexity index is 1010. The van der Waals surface area contributed by atoms with Gasteiger partial charge in [-0.05, 0) is 94.1 Å². The van der Waals surface area contributed by atoms with Crippen LogP contribution >= 0.6 is 0 Å². The fourth-order valence-corrected chi connectivity index (χ4v) is 4.57. The summed E-state index contributed by atoms with van der Waals surface area (Å²) in [6.07, 6.45) is 3.45. The molecule has 1 saturated heterocycles. The van der Waals surface area contributed by atoms with Crippen LogP contribution in [-0.4, -0.2) is 30.8 Å². The maximum atomic E-state index is 13.4. The third kappa shape index (κ3) is 3.10. The van der Waals surface area contributed by atoms with E-state index in [1.807, 2.05) is 29.2 Å². The maximum absolute atomic E-state index is 13.4. The molecule has 2 heterocycles. The molecule has 0 atom stereocenters. The van der Waals surface area contributed by atoms with E-state index in [0.29, 0.717) is 12.5 Å². The summed E-state index contributed by atoms with van der Waals surface area (Å²) in [7, 11) is -0.428. The number of fused-ring (bicyclic) bond motifs is 1. The van der Waals surface area contributed by atoms with Crippen molar-refractivity contribution < 1.29 is 14.1 Å². The van der Waals surface area contributed by atoms with Gasteiger partial charge in [0, 0.05) is 17.8 Å². The van der Waals surface area contributed by atoms with Gasteiger partial charge in [-0.1, -0.05) is 24.3 Å². The molecule has 0 spiro atoms. The maximum Gasteiger partial charge on any atom is 0.495 e. The Labute approximate surface area is 179 Å². The van der Waals surface area contributed by atoms with Gasteiger partial charge in [-0.15, -0.1) is 0 Å². The van der Waals surface area contributed by atoms with Gasteiger partial charge in [0.1, 0.15) is 0 Å². The molecule has 0 unspecified atom stereocenters. The van der Waals surface area contributed by atoms with Gasteiger partial charge in [0.2, 0.25) is 0 Å². The second-order valence-electron chi connectivity index (χ2n) is 9.98. The first-order valence-electron chi connectivity index (χ1n) is 11.1. The van der Waals surface area contributed by atoms with Crippen LogP contribution in [0.1, 0.15) is 73.5 Å². The first-order valence-corrected chi connectivity index (χ1v) is 11.1. The van der Waals surface area contributed by atoms with E-state index in [4.69, 9.17) is 9.31 Å². The third-order valence-corrected chi connectivity index (χ3v) is 7.40. The van der Waals surface area contributed by atoms with E-state index in [-0.39, 0.29) is 17.1 Å². The summed E-state index contributed by atoms with van der Waals surface area (Å²) < 4.78 is 12.5. The van der Waals surface area contributed by atoms with Gasteiger partial charge in [0.15, 0.2) is 0 Å². The first kappa shape index (κ1) is 19.8. The molecule has 2 aliphatic heterocycles. The van der Waals surface area contributed by atoms with Crippen molar-refractivity contribution in [3.63, 3.8) is 0 Å². The lowest BCUT2D eigenvalue weighted by molar-refractivity contribution is 0.00578. The van der Waals surface area contributed by atoms with E-state index in [9.17, 15) is 4.79 Å². The van der Waals surface area contributed by atoms with E-state index in [2.05, 4.69) is 46.8 Å². The fourth-order valence-electron chi connectivity index (χ4n) is 4.57. The van der Waals surface area contributed by atoms with Crippen LogP contribution in [0.25, 0.3) is 0 Å². The minimum atomic E-state index is -0.428. The number of nitrogens with zero attached hydrogens (tertiary/aromatic N) is 1. The lowest BCUT2D eigenvalue weighted by Crippen LogP contribution is -2.41. The first-order chi connectivity index (χ1) is 14.2. The molecular formula is C25H30BNO3. The zero-order chi connectivity index (χ0) is 21.3. The van der Waals surface area contributed by atoms with Gasteiger partial charge >= 0.3 is 7.12 Å². The number of carbonyl (C=O) groups excluding carboxylic acids is 1. The van der Waals surface area contributed by atoms with Crippen LogP contribution in [0.2, 0.25) is 0 Å². The molecule has 2 aromatic rings. The van der Waals surface area contributed by atoms with Gasteiger partial charge in [0.05, 0.1) is 11.2 Å². The van der Waals surface area contributed by atoms with Crippen molar-refractivity contribution in [3.8, 4) is 0 Å². The Hall–Kier alpha value is -2.11. The molecule has 156 valence electrons. The Morgan fingerprint density at radius 1 is 1.03 bits per heavy atom. The monoisotopic (exact) mass is 403 g/mol. The van der Waals surface area contributed by atoms with Crippen LogP contribution in [0.5, 0.6) is 0 Å². The number of hydrogen-bond donors (Lipinski definition) is 0. The van der Waals surface area contributed by atoms with Crippen molar-refractivity contribution in [2.45, 2.75) is 71.0 Å². The molecule has 1 aliphatic carbocycles. The number of carbonyl (C=O) groups is 1. The molecule has 0 bridgehead atoms. The summed E-state index contributed by atoms with van der Waals surface area (Å²) in [5, 5.41) is 0. The molecule has 3 aliphatic rings. The quantitative estimate of drug-likeness (QED) is 0.715. The van der Waals surface area contributed by atoms with Gasteiger partial charge in [-0.3, -0.25) is 4.79 Å². The Kier molecular flexibility index (Phi) is 4.43. The van der Waals surface area contributed by atoms with Crippen LogP contribution in [0.3, 0.4) is 0 Å². The molecular weight excluding hydrogens is 373 g/mol. The third-order valence-electron chi connectivity index (χ3n) is 7.40. The second kappa shape index (κ2) is 6.70. The highest BCUT2D eigenvalue weighted by atomic mass is 16.7. The van der Waals surface area contributed by atoms with Gasteiger partial charge in [-0.25, -0.2) is 0 Å². The predicted octanol–water partition coefficient (Wildman–Crippen LogP) is 4.37. The Balaban J connectivity index is 1.45. The van der Waals surface area contributed by atoms with E-state index < -0.39 is 7.12 Å². The Morgan fingerprint density at radius 2 is 1.73 bits per heavy atom. The van der Waals surface area contributed by atoms with Crippen molar-refractivity contribution in [2.24, 2.45) is 0 Å². The van der Waals surface area contributed by atoms with Crippen LogP contribution in [0, 0.1) is 6.92 Å². The highest BCUT2D eigenvalue weighted by Crippen LogP contribution is 2.41. The number of anilines is 1. The smallest absolute Gasteiger partial charge is 0.399 e. The van der Waals surface area contributed by atoms with Crippen molar-refractivity contribution in [1.82, 2.24) is 0 Å². The summed E-state index contributed by atoms with van der Waals surface area (Å²) in [5.41, 5.74) is 5.64. The summed E-state index contributed by atoms with van der Waals surface area (Å²) in [5.74, 6) is 0.801. The van der Waals surface area contributed by atoms with Gasteiger partial charge in [-0.2, -0.15) is 0 Å². The molecule has 2 fully saturated rings. The molecule has 1 saturated carbocycles. The lowest BCUT2D eigenvalue weighted by Gasteiger charge is -2.32. The largest absolute Gasteiger partial charge is 0.495 e. The summed E-state index contributed by atoms with van der Waals surface area (Å²) in [4.78, 5) is 15.3. The van der Waals surface area contributed by atoms with Gasteiger partial charge in [0.25, 0.3) is 5.91 Å². The fraction of sp³-hybridized carbons (Fsp3) is 0.480. The minimum absolute atomic E-state index is 0.0905. The van der Waals surface area contributed by atoms with E-state index in [1.54, 1.807) is 0 Å². The number of hydrogen-bond acceptors (Lipinski definition) is 3. The zero-order valence-electron chi connectivity index (χ0n) is 18.6. The molecule has 5 rings (SSSR count). The molecule has 5 heteroatoms. The van der Waals surface area contributed by atoms with Crippen molar-refractivity contribution >= 4 is 24.2 Å². The van der Waals surface area contributed by atoms with Crippen molar-refractivity contribution in [3.05, 3.63) is 58.7 Å². The van der Waals surface area contributed by atoms with E-state index in [1.165, 1.54) is 24.0 Å². The topological polar surface area (TPSA) is 38.8 Å². The highest BCUT2D eigenvalue weighted by molar-refractivity contribution is 6.62. The number of amides is 1. The van der Waals surface area contributed by atoms with Crippen LogP contribution in [0.4, 0.5) is 5.69 Å². The van der Waals surface area contributed by atoms with Crippen LogP contribution in [0.15, 0.2) is 36.4 Å². The molecule has 4 nitrogen and oxygen atoms in total. The van der Waals surface area contributed by atoms with Gasteiger partial charge < -0.3 is 14.2 Å². The molecule has 0 aromatic heterocycles.